The fourth-order valence-corrected chi connectivity index (χ4v) is 6.39. The van der Waals surface area contributed by atoms with Crippen molar-refractivity contribution in [1.29, 1.82) is 0 Å². The van der Waals surface area contributed by atoms with Gasteiger partial charge in [0.1, 0.15) is 0 Å². The molecule has 3 heterocycles. The second kappa shape index (κ2) is 9.14. The zero-order chi connectivity index (χ0) is 19.4. The molecule has 1 aromatic carbocycles. The first kappa shape index (κ1) is 20.2. The highest BCUT2D eigenvalue weighted by Crippen LogP contribution is 2.40. The lowest BCUT2D eigenvalue weighted by atomic mass is 10.0. The van der Waals surface area contributed by atoms with Crippen molar-refractivity contribution in [2.75, 3.05) is 36.7 Å². The summed E-state index contributed by atoms with van der Waals surface area (Å²) in [5.41, 5.74) is 2.02. The second-order valence-corrected chi connectivity index (χ2v) is 10.6. The topological polar surface area (TPSA) is 52.7 Å². The van der Waals surface area contributed by atoms with Crippen LogP contribution >= 0.6 is 0 Å². The molecule has 0 spiro atoms. The molecule has 3 aliphatic heterocycles. The van der Waals surface area contributed by atoms with E-state index in [1.807, 2.05) is 12.1 Å². The molecule has 0 radical (unpaired) electrons. The SMILES string of the molecule is O=S(=O)(CCCN1CCCCC1)Nc1ccc(C2CCC3CCCCN32)cc1. The molecule has 6 heteroatoms. The van der Waals surface area contributed by atoms with Gasteiger partial charge in [0.15, 0.2) is 0 Å². The zero-order valence-corrected chi connectivity index (χ0v) is 17.8. The predicted molar refractivity (Wildman–Crippen MR) is 115 cm³/mol. The van der Waals surface area contributed by atoms with Crippen LogP contribution in [0, 0.1) is 0 Å². The average Bonchev–Trinajstić information content (AvgIpc) is 3.13. The van der Waals surface area contributed by atoms with Crippen molar-refractivity contribution in [2.24, 2.45) is 0 Å². The van der Waals surface area contributed by atoms with Gasteiger partial charge < -0.3 is 4.90 Å². The molecular formula is C22H35N3O2S. The molecule has 0 saturated carbocycles. The molecule has 3 aliphatic rings. The first-order valence-electron chi connectivity index (χ1n) is 11.2. The molecule has 2 atom stereocenters. The molecule has 0 aromatic heterocycles. The van der Waals surface area contributed by atoms with Crippen LogP contribution in [-0.2, 0) is 10.0 Å². The highest BCUT2D eigenvalue weighted by Gasteiger charge is 2.35. The fraction of sp³-hybridized carbons (Fsp3) is 0.727. The lowest BCUT2D eigenvalue weighted by molar-refractivity contribution is 0.150. The van der Waals surface area contributed by atoms with Crippen LogP contribution in [0.4, 0.5) is 5.69 Å². The van der Waals surface area contributed by atoms with Gasteiger partial charge in [-0.25, -0.2) is 8.42 Å². The maximum Gasteiger partial charge on any atom is 0.232 e. The molecular weight excluding hydrogens is 370 g/mol. The van der Waals surface area contributed by atoms with Crippen LogP contribution in [0.5, 0.6) is 0 Å². The summed E-state index contributed by atoms with van der Waals surface area (Å²) in [6.07, 6.45) is 11.0. The molecule has 3 saturated heterocycles. The van der Waals surface area contributed by atoms with Crippen molar-refractivity contribution in [3.8, 4) is 0 Å². The third kappa shape index (κ3) is 5.08. The Kier molecular flexibility index (Phi) is 6.59. The summed E-state index contributed by atoms with van der Waals surface area (Å²) in [5.74, 6) is 0.198. The minimum absolute atomic E-state index is 0.198. The Morgan fingerprint density at radius 3 is 2.43 bits per heavy atom. The summed E-state index contributed by atoms with van der Waals surface area (Å²) < 4.78 is 27.6. The highest BCUT2D eigenvalue weighted by molar-refractivity contribution is 7.92. The molecule has 5 nitrogen and oxygen atoms in total. The number of hydrogen-bond acceptors (Lipinski definition) is 4. The summed E-state index contributed by atoms with van der Waals surface area (Å²) in [4.78, 5) is 5.06. The van der Waals surface area contributed by atoms with Gasteiger partial charge in [-0.15, -0.1) is 0 Å². The largest absolute Gasteiger partial charge is 0.303 e. The van der Waals surface area contributed by atoms with Gasteiger partial charge in [-0.3, -0.25) is 9.62 Å². The number of benzene rings is 1. The standard InChI is InChI=1S/C22H35N3O2S/c26-28(27,18-6-16-24-14-3-1-4-15-24)23-20-10-8-19(9-11-20)22-13-12-21-7-2-5-17-25(21)22/h8-11,21-23H,1-7,12-18H2. The predicted octanol–water partition coefficient (Wildman–Crippen LogP) is 3.99. The van der Waals surface area contributed by atoms with Crippen molar-refractivity contribution < 1.29 is 8.42 Å². The number of piperidine rings is 2. The first-order chi connectivity index (χ1) is 13.6. The van der Waals surface area contributed by atoms with Crippen LogP contribution < -0.4 is 4.72 Å². The summed E-state index contributed by atoms with van der Waals surface area (Å²) in [6, 6.07) is 9.39. The maximum atomic E-state index is 12.4. The van der Waals surface area contributed by atoms with Crippen LogP contribution in [0.2, 0.25) is 0 Å². The van der Waals surface area contributed by atoms with Crippen LogP contribution in [-0.4, -0.2) is 56.2 Å². The molecule has 4 rings (SSSR count). The molecule has 2 unspecified atom stereocenters. The summed E-state index contributed by atoms with van der Waals surface area (Å²) in [7, 11) is -3.27. The van der Waals surface area contributed by atoms with Gasteiger partial charge in [-0.05, 0) is 88.8 Å². The summed E-state index contributed by atoms with van der Waals surface area (Å²) >= 11 is 0. The first-order valence-corrected chi connectivity index (χ1v) is 12.8. The van der Waals surface area contributed by atoms with Crippen LogP contribution in [0.3, 0.4) is 0 Å². The van der Waals surface area contributed by atoms with E-state index in [0.717, 1.165) is 25.7 Å². The summed E-state index contributed by atoms with van der Waals surface area (Å²) in [5, 5.41) is 0. The third-order valence-electron chi connectivity index (χ3n) is 6.75. The van der Waals surface area contributed by atoms with Crippen molar-refractivity contribution in [3.63, 3.8) is 0 Å². The number of likely N-dealkylation sites (tertiary alicyclic amines) is 1. The van der Waals surface area contributed by atoms with Crippen molar-refractivity contribution >= 4 is 15.7 Å². The Morgan fingerprint density at radius 2 is 1.64 bits per heavy atom. The highest BCUT2D eigenvalue weighted by atomic mass is 32.2. The number of nitrogens with zero attached hydrogens (tertiary/aromatic N) is 2. The normalized spacial score (nSPS) is 26.9. The minimum atomic E-state index is -3.27. The van der Waals surface area contributed by atoms with Crippen LogP contribution in [0.1, 0.15) is 69.4 Å². The molecule has 1 N–H and O–H groups in total. The van der Waals surface area contributed by atoms with E-state index in [0.29, 0.717) is 18.2 Å². The molecule has 1 aromatic rings. The minimum Gasteiger partial charge on any atom is -0.303 e. The van der Waals surface area contributed by atoms with E-state index in [-0.39, 0.29) is 5.75 Å². The van der Waals surface area contributed by atoms with Gasteiger partial charge in [-0.2, -0.15) is 0 Å². The van der Waals surface area contributed by atoms with Crippen molar-refractivity contribution in [1.82, 2.24) is 9.80 Å². The molecule has 0 aliphatic carbocycles. The van der Waals surface area contributed by atoms with E-state index in [2.05, 4.69) is 26.7 Å². The zero-order valence-electron chi connectivity index (χ0n) is 17.0. The maximum absolute atomic E-state index is 12.4. The fourth-order valence-electron chi connectivity index (χ4n) is 5.28. The summed E-state index contributed by atoms with van der Waals surface area (Å²) in [6.45, 7) is 4.33. The lowest BCUT2D eigenvalue weighted by Crippen LogP contribution is -2.35. The van der Waals surface area contributed by atoms with Crippen LogP contribution in [0.25, 0.3) is 0 Å². The van der Waals surface area contributed by atoms with E-state index in [1.165, 1.54) is 63.5 Å². The lowest BCUT2D eigenvalue weighted by Gasteiger charge is -2.34. The number of fused-ring (bicyclic) bond motifs is 1. The number of anilines is 1. The van der Waals surface area contributed by atoms with Gasteiger partial charge >= 0.3 is 0 Å². The number of sulfonamides is 1. The monoisotopic (exact) mass is 405 g/mol. The molecule has 0 amide bonds. The Bertz CT molecular complexity index is 729. The van der Waals surface area contributed by atoms with Crippen LogP contribution in [0.15, 0.2) is 24.3 Å². The van der Waals surface area contributed by atoms with E-state index in [1.54, 1.807) is 0 Å². The number of hydrogen-bond donors (Lipinski definition) is 1. The molecule has 0 bridgehead atoms. The Balaban J connectivity index is 1.28. The molecule has 3 fully saturated rings. The van der Waals surface area contributed by atoms with Crippen molar-refractivity contribution in [2.45, 2.75) is 69.9 Å². The van der Waals surface area contributed by atoms with Crippen molar-refractivity contribution in [3.05, 3.63) is 29.8 Å². The Morgan fingerprint density at radius 1 is 0.893 bits per heavy atom. The average molecular weight is 406 g/mol. The van der Waals surface area contributed by atoms with E-state index in [9.17, 15) is 8.42 Å². The number of nitrogens with one attached hydrogen (secondary N) is 1. The third-order valence-corrected chi connectivity index (χ3v) is 8.12. The molecule has 156 valence electrons. The second-order valence-electron chi connectivity index (χ2n) is 8.78. The van der Waals surface area contributed by atoms with Gasteiger partial charge in [-0.1, -0.05) is 25.0 Å². The van der Waals surface area contributed by atoms with Gasteiger partial charge in [0, 0.05) is 17.8 Å². The Labute approximate surface area is 170 Å². The smallest absolute Gasteiger partial charge is 0.232 e. The van der Waals surface area contributed by atoms with E-state index in [4.69, 9.17) is 0 Å². The molecule has 28 heavy (non-hydrogen) atoms. The van der Waals surface area contributed by atoms with Gasteiger partial charge in [0.2, 0.25) is 10.0 Å². The Hall–Kier alpha value is -1.11. The quantitative estimate of drug-likeness (QED) is 0.745. The van der Waals surface area contributed by atoms with Gasteiger partial charge in [0.25, 0.3) is 0 Å². The number of rotatable bonds is 7. The van der Waals surface area contributed by atoms with E-state index < -0.39 is 10.0 Å². The van der Waals surface area contributed by atoms with E-state index >= 15 is 0 Å². The van der Waals surface area contributed by atoms with Gasteiger partial charge in [0.05, 0.1) is 5.75 Å².